The van der Waals surface area contributed by atoms with E-state index in [1.54, 1.807) is 12.1 Å². The summed E-state index contributed by atoms with van der Waals surface area (Å²) in [6, 6.07) is 3.40. The van der Waals surface area contributed by atoms with Crippen LogP contribution in [0.2, 0.25) is 0 Å². The Hall–Kier alpha value is -0.290. The number of carbonyl (C=O) groups excluding carboxylic acids is 1. The smallest absolute Gasteiger partial charge is 0.287 e. The first kappa shape index (κ1) is 12.2. The monoisotopic (exact) mass is 349 g/mol. The van der Waals surface area contributed by atoms with Crippen molar-refractivity contribution in [3.63, 3.8) is 0 Å². The summed E-state index contributed by atoms with van der Waals surface area (Å²) in [4.78, 5) is 11.9. The molecule has 5 heteroatoms. The van der Waals surface area contributed by atoms with Gasteiger partial charge in [-0.25, -0.2) is 0 Å². The van der Waals surface area contributed by atoms with Crippen LogP contribution in [0.15, 0.2) is 21.2 Å². The minimum Gasteiger partial charge on any atom is -0.444 e. The van der Waals surface area contributed by atoms with Gasteiger partial charge in [-0.2, -0.15) is 0 Å². The maximum Gasteiger partial charge on any atom is 0.287 e. The van der Waals surface area contributed by atoms with Crippen molar-refractivity contribution in [2.75, 3.05) is 5.33 Å². The number of amides is 1. The molecule has 0 unspecified atom stereocenters. The van der Waals surface area contributed by atoms with Crippen molar-refractivity contribution in [3.05, 3.63) is 22.6 Å². The molecule has 1 N–H and O–H groups in total. The summed E-state index contributed by atoms with van der Waals surface area (Å²) in [6.07, 6.45) is 4.42. The molecule has 1 aliphatic rings. The van der Waals surface area contributed by atoms with Gasteiger partial charge >= 0.3 is 0 Å². The number of carbonyl (C=O) groups is 1. The highest BCUT2D eigenvalue weighted by Crippen LogP contribution is 2.31. The number of hydrogen-bond acceptors (Lipinski definition) is 2. The minimum atomic E-state index is -0.132. The second-order valence-electron chi connectivity index (χ2n) is 4.18. The molecule has 1 amide bonds. The van der Waals surface area contributed by atoms with Gasteiger partial charge in [-0.3, -0.25) is 4.79 Å². The zero-order valence-electron chi connectivity index (χ0n) is 8.76. The molecule has 0 spiro atoms. The summed E-state index contributed by atoms with van der Waals surface area (Å²) in [5.41, 5.74) is -0.0870. The second-order valence-corrected chi connectivity index (χ2v) is 5.52. The third-order valence-corrected chi connectivity index (χ3v) is 4.49. The van der Waals surface area contributed by atoms with Crippen molar-refractivity contribution < 1.29 is 9.21 Å². The van der Waals surface area contributed by atoms with Gasteiger partial charge < -0.3 is 9.73 Å². The van der Waals surface area contributed by atoms with Crippen molar-refractivity contribution in [2.24, 2.45) is 0 Å². The Labute approximate surface area is 111 Å². The molecule has 2 rings (SSSR count). The fraction of sp³-hybridized carbons (Fsp3) is 0.545. The summed E-state index contributed by atoms with van der Waals surface area (Å²) < 4.78 is 5.81. The molecule has 16 heavy (non-hydrogen) atoms. The van der Waals surface area contributed by atoms with Crippen LogP contribution in [0.3, 0.4) is 0 Å². The minimum absolute atomic E-state index is 0.0870. The molecule has 1 fully saturated rings. The average molecular weight is 351 g/mol. The van der Waals surface area contributed by atoms with E-state index in [0.29, 0.717) is 10.4 Å². The zero-order valence-corrected chi connectivity index (χ0v) is 11.9. The highest BCUT2D eigenvalue weighted by molar-refractivity contribution is 9.10. The molecule has 1 saturated carbocycles. The molecule has 1 aromatic heterocycles. The molecule has 0 bridgehead atoms. The van der Waals surface area contributed by atoms with Crippen molar-refractivity contribution in [1.29, 1.82) is 0 Å². The number of nitrogens with one attached hydrogen (secondary N) is 1. The van der Waals surface area contributed by atoms with Crippen LogP contribution in [0.5, 0.6) is 0 Å². The molecule has 3 nitrogen and oxygen atoms in total. The molecule has 0 atom stereocenters. The first-order chi connectivity index (χ1) is 7.65. The highest BCUT2D eigenvalue weighted by Gasteiger charge is 2.34. The third kappa shape index (κ3) is 2.51. The summed E-state index contributed by atoms with van der Waals surface area (Å²) in [5, 5.41) is 3.87. The normalized spacial score (nSPS) is 18.6. The van der Waals surface area contributed by atoms with E-state index in [4.69, 9.17) is 4.42 Å². The molecule has 1 aromatic rings. The lowest BCUT2D eigenvalue weighted by Gasteiger charge is -2.27. The van der Waals surface area contributed by atoms with Crippen molar-refractivity contribution in [3.8, 4) is 0 Å². The molecule has 0 saturated heterocycles. The van der Waals surface area contributed by atoms with Crippen LogP contribution in [-0.4, -0.2) is 16.8 Å². The molecule has 88 valence electrons. The average Bonchev–Trinajstić information content (AvgIpc) is 2.88. The zero-order chi connectivity index (χ0) is 11.6. The molecule has 0 aromatic carbocycles. The summed E-state index contributed by atoms with van der Waals surface area (Å²) >= 11 is 6.67. The van der Waals surface area contributed by atoms with E-state index >= 15 is 0 Å². The van der Waals surface area contributed by atoms with Crippen LogP contribution < -0.4 is 5.32 Å². The second kappa shape index (κ2) is 4.92. The van der Waals surface area contributed by atoms with E-state index in [1.807, 2.05) is 0 Å². The predicted octanol–water partition coefficient (Wildman–Crippen LogP) is 3.48. The van der Waals surface area contributed by atoms with Crippen molar-refractivity contribution in [1.82, 2.24) is 5.32 Å². The third-order valence-electron chi connectivity index (χ3n) is 2.99. The number of alkyl halides is 1. The van der Waals surface area contributed by atoms with Crippen LogP contribution >= 0.6 is 31.9 Å². The van der Waals surface area contributed by atoms with Gasteiger partial charge in [-0.15, -0.1) is 0 Å². The van der Waals surface area contributed by atoms with Gasteiger partial charge in [0, 0.05) is 5.33 Å². The summed E-state index contributed by atoms with van der Waals surface area (Å²) in [7, 11) is 0. The Bertz CT molecular complexity index is 383. The summed E-state index contributed by atoms with van der Waals surface area (Å²) in [6.45, 7) is 0. The molecular weight excluding hydrogens is 338 g/mol. The van der Waals surface area contributed by atoms with E-state index in [9.17, 15) is 4.79 Å². The van der Waals surface area contributed by atoms with Crippen molar-refractivity contribution >= 4 is 37.8 Å². The van der Waals surface area contributed by atoms with E-state index in [-0.39, 0.29) is 11.4 Å². The number of rotatable bonds is 3. The van der Waals surface area contributed by atoms with Crippen LogP contribution in [0.1, 0.15) is 36.2 Å². The van der Waals surface area contributed by atoms with E-state index in [2.05, 4.69) is 37.2 Å². The molecule has 1 aliphatic carbocycles. The first-order valence-corrected chi connectivity index (χ1v) is 7.20. The lowest BCUT2D eigenvalue weighted by Crippen LogP contribution is -2.47. The van der Waals surface area contributed by atoms with Crippen LogP contribution in [0.4, 0.5) is 0 Å². The van der Waals surface area contributed by atoms with Crippen LogP contribution in [-0.2, 0) is 0 Å². The standard InChI is InChI=1S/C11H13Br2NO2/c12-7-11(5-1-2-6-11)14-10(15)8-3-4-9(13)16-8/h3-4H,1-2,5-7H2,(H,14,15). The van der Waals surface area contributed by atoms with Crippen LogP contribution in [0, 0.1) is 0 Å². The molecular formula is C11H13Br2NO2. The van der Waals surface area contributed by atoms with Gasteiger partial charge in [-0.05, 0) is 40.9 Å². The lowest BCUT2D eigenvalue weighted by atomic mass is 10.0. The highest BCUT2D eigenvalue weighted by atomic mass is 79.9. The summed E-state index contributed by atoms with van der Waals surface area (Å²) in [5.74, 6) is 0.228. The molecule has 0 aliphatic heterocycles. The molecule has 1 heterocycles. The van der Waals surface area contributed by atoms with Crippen molar-refractivity contribution in [2.45, 2.75) is 31.2 Å². The van der Waals surface area contributed by atoms with Gasteiger partial charge in [0.25, 0.3) is 5.91 Å². The first-order valence-electron chi connectivity index (χ1n) is 5.29. The Morgan fingerprint density at radius 1 is 1.44 bits per heavy atom. The maximum atomic E-state index is 11.9. The fourth-order valence-electron chi connectivity index (χ4n) is 2.08. The predicted molar refractivity (Wildman–Crippen MR) is 68.9 cm³/mol. The van der Waals surface area contributed by atoms with Gasteiger partial charge in [0.05, 0.1) is 5.54 Å². The van der Waals surface area contributed by atoms with E-state index in [1.165, 1.54) is 12.8 Å². The van der Waals surface area contributed by atoms with Gasteiger partial charge in [-0.1, -0.05) is 28.8 Å². The number of hydrogen-bond donors (Lipinski definition) is 1. The van der Waals surface area contributed by atoms with Gasteiger partial charge in [0.15, 0.2) is 10.4 Å². The van der Waals surface area contributed by atoms with Crippen LogP contribution in [0.25, 0.3) is 0 Å². The van der Waals surface area contributed by atoms with E-state index < -0.39 is 0 Å². The maximum absolute atomic E-state index is 11.9. The fourth-order valence-corrected chi connectivity index (χ4v) is 3.09. The largest absolute Gasteiger partial charge is 0.444 e. The Morgan fingerprint density at radius 3 is 2.62 bits per heavy atom. The lowest BCUT2D eigenvalue weighted by molar-refractivity contribution is 0.0880. The molecule has 0 radical (unpaired) electrons. The Kier molecular flexibility index (Phi) is 3.74. The Morgan fingerprint density at radius 2 is 2.12 bits per heavy atom. The number of halogens is 2. The Balaban J connectivity index is 2.06. The van der Waals surface area contributed by atoms with Gasteiger partial charge in [0.2, 0.25) is 0 Å². The van der Waals surface area contributed by atoms with E-state index in [0.717, 1.165) is 18.2 Å². The quantitative estimate of drug-likeness (QED) is 0.848. The topological polar surface area (TPSA) is 42.2 Å². The SMILES string of the molecule is O=C(NC1(CBr)CCCC1)c1ccc(Br)o1. The van der Waals surface area contributed by atoms with Gasteiger partial charge in [0.1, 0.15) is 0 Å². The number of furan rings is 1.